The summed E-state index contributed by atoms with van der Waals surface area (Å²) in [6, 6.07) is 0. The summed E-state index contributed by atoms with van der Waals surface area (Å²) in [6.07, 6.45) is 1.23. The van der Waals surface area contributed by atoms with Crippen molar-refractivity contribution in [3.05, 3.63) is 22.4 Å². The summed E-state index contributed by atoms with van der Waals surface area (Å²) in [5.74, 6) is -1.07. The van der Waals surface area contributed by atoms with Crippen molar-refractivity contribution in [2.24, 2.45) is 0 Å². The minimum absolute atomic E-state index is 0.353. The Morgan fingerprint density at radius 1 is 1.67 bits per heavy atom. The summed E-state index contributed by atoms with van der Waals surface area (Å²) in [7, 11) is 0. The van der Waals surface area contributed by atoms with Gasteiger partial charge in [0.2, 0.25) is 0 Å². The predicted octanol–water partition coefficient (Wildman–Crippen LogP) is 0.246. The van der Waals surface area contributed by atoms with Crippen molar-refractivity contribution < 1.29 is 9.90 Å². The molecule has 0 aliphatic rings. The first-order chi connectivity index (χ1) is 7.09. The second-order valence-electron chi connectivity index (χ2n) is 3.02. The van der Waals surface area contributed by atoms with Gasteiger partial charge in [0.15, 0.2) is 4.83 Å². The van der Waals surface area contributed by atoms with Gasteiger partial charge in [-0.3, -0.25) is 14.2 Å². The van der Waals surface area contributed by atoms with Crippen LogP contribution in [-0.4, -0.2) is 25.0 Å². The molecule has 0 amide bonds. The third-order valence-electron chi connectivity index (χ3n) is 1.94. The maximum Gasteiger partial charge on any atom is 0.323 e. The topological polar surface area (TPSA) is 85.1 Å². The number of rotatable bonds is 2. The fraction of sp³-hybridized carbons (Fsp3) is 0.250. The average molecular weight is 225 g/mol. The van der Waals surface area contributed by atoms with Crippen LogP contribution < -0.4 is 5.56 Å². The molecule has 0 bridgehead atoms. The van der Waals surface area contributed by atoms with Gasteiger partial charge in [-0.15, -0.1) is 0 Å². The molecule has 2 rings (SSSR count). The summed E-state index contributed by atoms with van der Waals surface area (Å²) in [5, 5.41) is 8.99. The number of aromatic nitrogens is 3. The van der Waals surface area contributed by atoms with Crippen LogP contribution in [0.25, 0.3) is 10.2 Å². The normalized spacial score (nSPS) is 10.7. The molecule has 0 fully saturated rings. The number of aliphatic carboxylic acids is 1. The molecular weight excluding hydrogens is 218 g/mol. The molecule has 0 aromatic carbocycles. The standard InChI is InChI=1S/C8H7N3O3S/c1-4-6-7(15-10-4)9-3-11(8(6)14)2-5(12)13/h3H,2H2,1H3,(H,12,13). The maximum absolute atomic E-state index is 11.8. The predicted molar refractivity (Wildman–Crippen MR) is 54.0 cm³/mol. The monoisotopic (exact) mass is 225 g/mol. The highest BCUT2D eigenvalue weighted by molar-refractivity contribution is 7.12. The van der Waals surface area contributed by atoms with E-state index in [1.165, 1.54) is 6.33 Å². The fourth-order valence-corrected chi connectivity index (χ4v) is 2.00. The Morgan fingerprint density at radius 2 is 2.40 bits per heavy atom. The number of hydrogen-bond acceptors (Lipinski definition) is 5. The molecule has 0 saturated carbocycles. The van der Waals surface area contributed by atoms with Crippen molar-refractivity contribution in [3.8, 4) is 0 Å². The quantitative estimate of drug-likeness (QED) is 0.791. The van der Waals surface area contributed by atoms with E-state index in [1.54, 1.807) is 6.92 Å². The number of carboxylic acid groups (broad SMARTS) is 1. The lowest BCUT2D eigenvalue weighted by Crippen LogP contribution is -2.24. The van der Waals surface area contributed by atoms with Gasteiger partial charge in [0, 0.05) is 0 Å². The van der Waals surface area contributed by atoms with E-state index in [0.29, 0.717) is 15.9 Å². The Hall–Kier alpha value is -1.76. The van der Waals surface area contributed by atoms with Crippen LogP contribution >= 0.6 is 11.5 Å². The van der Waals surface area contributed by atoms with Crippen LogP contribution in [-0.2, 0) is 11.3 Å². The van der Waals surface area contributed by atoms with Crippen molar-refractivity contribution in [1.82, 2.24) is 13.9 Å². The minimum atomic E-state index is -1.07. The van der Waals surface area contributed by atoms with Crippen LogP contribution in [0.15, 0.2) is 11.1 Å². The Balaban J connectivity index is 2.69. The van der Waals surface area contributed by atoms with Crippen LogP contribution in [0.2, 0.25) is 0 Å². The molecule has 15 heavy (non-hydrogen) atoms. The third-order valence-corrected chi connectivity index (χ3v) is 2.79. The first-order valence-electron chi connectivity index (χ1n) is 4.13. The number of aryl methyl sites for hydroxylation is 1. The lowest BCUT2D eigenvalue weighted by molar-refractivity contribution is -0.137. The highest BCUT2D eigenvalue weighted by Crippen LogP contribution is 2.14. The Bertz CT molecular complexity index is 586. The van der Waals surface area contributed by atoms with Crippen LogP contribution in [0.4, 0.5) is 0 Å². The Morgan fingerprint density at radius 3 is 3.07 bits per heavy atom. The second kappa shape index (κ2) is 3.43. The van der Waals surface area contributed by atoms with Gasteiger partial charge in [-0.25, -0.2) is 4.98 Å². The van der Waals surface area contributed by atoms with Crippen molar-refractivity contribution in [3.63, 3.8) is 0 Å². The van der Waals surface area contributed by atoms with Crippen LogP contribution in [0.5, 0.6) is 0 Å². The van der Waals surface area contributed by atoms with E-state index in [2.05, 4.69) is 9.36 Å². The number of carbonyl (C=O) groups is 1. The van der Waals surface area contributed by atoms with Crippen molar-refractivity contribution >= 4 is 27.7 Å². The third kappa shape index (κ3) is 1.61. The molecule has 0 unspecified atom stereocenters. The average Bonchev–Trinajstić information content (AvgIpc) is 2.53. The van der Waals surface area contributed by atoms with E-state index < -0.39 is 5.97 Å². The second-order valence-corrected chi connectivity index (χ2v) is 3.77. The van der Waals surface area contributed by atoms with Crippen LogP contribution in [0, 0.1) is 6.92 Å². The van der Waals surface area contributed by atoms with Gasteiger partial charge in [0.1, 0.15) is 6.54 Å². The molecule has 0 aliphatic carbocycles. The molecule has 0 radical (unpaired) electrons. The fourth-order valence-electron chi connectivity index (χ4n) is 1.27. The van der Waals surface area contributed by atoms with Crippen LogP contribution in [0.3, 0.4) is 0 Å². The number of hydrogen-bond donors (Lipinski definition) is 1. The van der Waals surface area contributed by atoms with Gasteiger partial charge < -0.3 is 5.11 Å². The molecule has 78 valence electrons. The Kier molecular flexibility index (Phi) is 2.24. The van der Waals surface area contributed by atoms with Crippen molar-refractivity contribution in [2.45, 2.75) is 13.5 Å². The van der Waals surface area contributed by atoms with Gasteiger partial charge in [0.25, 0.3) is 5.56 Å². The number of nitrogens with zero attached hydrogens (tertiary/aromatic N) is 3. The van der Waals surface area contributed by atoms with Gasteiger partial charge in [-0.2, -0.15) is 4.37 Å². The lowest BCUT2D eigenvalue weighted by atomic mass is 10.3. The number of fused-ring (bicyclic) bond motifs is 1. The number of carboxylic acids is 1. The molecule has 2 heterocycles. The van der Waals surface area contributed by atoms with E-state index in [-0.39, 0.29) is 12.1 Å². The molecule has 2 aromatic rings. The van der Waals surface area contributed by atoms with E-state index in [4.69, 9.17) is 5.11 Å². The summed E-state index contributed by atoms with van der Waals surface area (Å²) in [5.41, 5.74) is 0.237. The first kappa shape index (κ1) is 9.78. The van der Waals surface area contributed by atoms with Crippen molar-refractivity contribution in [1.29, 1.82) is 0 Å². The molecule has 1 N–H and O–H groups in total. The van der Waals surface area contributed by atoms with Gasteiger partial charge in [-0.05, 0) is 18.5 Å². The summed E-state index contributed by atoms with van der Waals surface area (Å²) >= 11 is 1.13. The van der Waals surface area contributed by atoms with Gasteiger partial charge in [0.05, 0.1) is 17.4 Å². The lowest BCUT2D eigenvalue weighted by Gasteiger charge is -2.00. The summed E-state index contributed by atoms with van der Waals surface area (Å²) in [6.45, 7) is 1.32. The highest BCUT2D eigenvalue weighted by atomic mass is 32.1. The van der Waals surface area contributed by atoms with E-state index >= 15 is 0 Å². The van der Waals surface area contributed by atoms with E-state index in [0.717, 1.165) is 16.1 Å². The van der Waals surface area contributed by atoms with E-state index in [9.17, 15) is 9.59 Å². The molecule has 0 atom stereocenters. The largest absolute Gasteiger partial charge is 0.480 e. The molecule has 0 aliphatic heterocycles. The molecular formula is C8H7N3O3S. The molecule has 0 saturated heterocycles. The van der Waals surface area contributed by atoms with E-state index in [1.807, 2.05) is 0 Å². The summed E-state index contributed by atoms with van der Waals surface area (Å²) < 4.78 is 5.06. The molecule has 6 nitrogen and oxygen atoms in total. The molecule has 7 heteroatoms. The zero-order valence-corrected chi connectivity index (χ0v) is 8.61. The first-order valence-corrected chi connectivity index (χ1v) is 4.90. The zero-order chi connectivity index (χ0) is 11.0. The smallest absolute Gasteiger partial charge is 0.323 e. The SMILES string of the molecule is Cc1nsc2ncn(CC(=O)O)c(=O)c12. The van der Waals surface area contributed by atoms with Crippen LogP contribution in [0.1, 0.15) is 5.69 Å². The Labute approximate surface area is 88.0 Å². The minimum Gasteiger partial charge on any atom is -0.480 e. The zero-order valence-electron chi connectivity index (χ0n) is 7.80. The highest BCUT2D eigenvalue weighted by Gasteiger charge is 2.11. The van der Waals surface area contributed by atoms with Crippen molar-refractivity contribution in [2.75, 3.05) is 0 Å². The summed E-state index contributed by atoms with van der Waals surface area (Å²) in [4.78, 5) is 26.8. The molecule has 2 aromatic heterocycles. The van der Waals surface area contributed by atoms with Gasteiger partial charge >= 0.3 is 5.97 Å². The van der Waals surface area contributed by atoms with Gasteiger partial charge in [-0.1, -0.05) is 0 Å². The molecule has 0 spiro atoms. The maximum atomic E-state index is 11.8.